The van der Waals surface area contributed by atoms with Crippen LogP contribution in [0.3, 0.4) is 0 Å². The molecule has 1 atom stereocenters. The monoisotopic (exact) mass is 534 g/mol. The number of hydrogen-bond acceptors (Lipinski definition) is 7. The number of rotatable bonds is 8. The van der Waals surface area contributed by atoms with Gasteiger partial charge in [-0.1, -0.05) is 55.5 Å². The van der Waals surface area contributed by atoms with Crippen LogP contribution in [0.15, 0.2) is 63.5 Å². The van der Waals surface area contributed by atoms with E-state index in [4.69, 9.17) is 14.2 Å². The van der Waals surface area contributed by atoms with Gasteiger partial charge in [0, 0.05) is 0 Å². The molecule has 8 heteroatoms. The zero-order chi connectivity index (χ0) is 27.6. The van der Waals surface area contributed by atoms with E-state index in [9.17, 15) is 9.59 Å². The van der Waals surface area contributed by atoms with Crippen LogP contribution >= 0.6 is 11.3 Å². The van der Waals surface area contributed by atoms with Crippen LogP contribution in [0, 0.1) is 0 Å². The average Bonchev–Trinajstić information content (AvgIpc) is 3.18. The van der Waals surface area contributed by atoms with E-state index >= 15 is 0 Å². The van der Waals surface area contributed by atoms with E-state index in [1.54, 1.807) is 25.5 Å². The minimum absolute atomic E-state index is 0.00452. The van der Waals surface area contributed by atoms with Crippen LogP contribution in [0.4, 0.5) is 0 Å². The van der Waals surface area contributed by atoms with E-state index in [2.05, 4.69) is 18.8 Å². The summed E-state index contributed by atoms with van der Waals surface area (Å²) in [5.41, 5.74) is 3.51. The molecular weight excluding hydrogens is 500 g/mol. The third-order valence-corrected chi connectivity index (χ3v) is 7.27. The lowest BCUT2D eigenvalue weighted by Gasteiger charge is -2.25. The molecule has 7 nitrogen and oxygen atoms in total. The Labute approximate surface area is 226 Å². The van der Waals surface area contributed by atoms with Gasteiger partial charge in [-0.2, -0.15) is 0 Å². The van der Waals surface area contributed by atoms with Gasteiger partial charge in [-0.15, -0.1) is 0 Å². The molecule has 1 aliphatic heterocycles. The van der Waals surface area contributed by atoms with Crippen LogP contribution in [-0.4, -0.2) is 30.4 Å². The first-order valence-corrected chi connectivity index (χ1v) is 13.6. The fourth-order valence-corrected chi connectivity index (χ4v) is 5.49. The van der Waals surface area contributed by atoms with Gasteiger partial charge in [-0.25, -0.2) is 9.79 Å². The highest BCUT2D eigenvalue weighted by Gasteiger charge is 2.33. The minimum atomic E-state index is -0.634. The van der Waals surface area contributed by atoms with Crippen molar-refractivity contribution in [3.63, 3.8) is 0 Å². The van der Waals surface area contributed by atoms with Gasteiger partial charge in [-0.05, 0) is 68.5 Å². The smallest absolute Gasteiger partial charge is 0.338 e. The molecular formula is C30H34N2O5S. The Balaban J connectivity index is 1.87. The largest absolute Gasteiger partial charge is 0.493 e. The molecule has 0 saturated heterocycles. The summed E-state index contributed by atoms with van der Waals surface area (Å²) < 4.78 is 18.8. The number of benzene rings is 2. The molecule has 200 valence electrons. The van der Waals surface area contributed by atoms with Gasteiger partial charge < -0.3 is 14.2 Å². The van der Waals surface area contributed by atoms with Crippen LogP contribution in [0.1, 0.15) is 70.2 Å². The third kappa shape index (κ3) is 5.45. The average molecular weight is 535 g/mol. The molecule has 0 N–H and O–H groups in total. The maximum atomic E-state index is 13.8. The minimum Gasteiger partial charge on any atom is -0.493 e. The maximum Gasteiger partial charge on any atom is 0.338 e. The van der Waals surface area contributed by atoms with Crippen molar-refractivity contribution in [2.24, 2.45) is 4.99 Å². The number of thiazole rings is 1. The summed E-state index contributed by atoms with van der Waals surface area (Å²) in [7, 11) is 1.59. The third-order valence-electron chi connectivity index (χ3n) is 6.28. The lowest BCUT2D eigenvalue weighted by Crippen LogP contribution is -2.39. The Bertz CT molecular complexity index is 1540. The fourth-order valence-electron chi connectivity index (χ4n) is 4.45. The van der Waals surface area contributed by atoms with Gasteiger partial charge in [0.05, 0.1) is 41.7 Å². The summed E-state index contributed by atoms with van der Waals surface area (Å²) in [6, 6.07) is 13.0. The number of carbonyl (C=O) groups is 1. The molecule has 1 aliphatic rings. The molecule has 1 unspecified atom stereocenters. The number of ether oxygens (including phenoxy) is 3. The number of carbonyl (C=O) groups excluding carboxylic acids is 1. The van der Waals surface area contributed by atoms with Gasteiger partial charge in [-0.3, -0.25) is 9.36 Å². The zero-order valence-corrected chi connectivity index (χ0v) is 23.7. The molecule has 2 aromatic carbocycles. The quantitative estimate of drug-likeness (QED) is 0.391. The summed E-state index contributed by atoms with van der Waals surface area (Å²) >= 11 is 1.29. The second-order valence-corrected chi connectivity index (χ2v) is 10.7. The van der Waals surface area contributed by atoms with Crippen molar-refractivity contribution in [2.75, 3.05) is 13.7 Å². The summed E-state index contributed by atoms with van der Waals surface area (Å²) in [5.74, 6) is 1.12. The lowest BCUT2D eigenvalue weighted by atomic mass is 9.93. The van der Waals surface area contributed by atoms with E-state index in [0.29, 0.717) is 38.0 Å². The normalized spacial score (nSPS) is 15.5. The lowest BCUT2D eigenvalue weighted by molar-refractivity contribution is -0.139. The predicted octanol–water partition coefficient (Wildman–Crippen LogP) is 4.72. The van der Waals surface area contributed by atoms with Crippen LogP contribution in [0.5, 0.6) is 11.5 Å². The van der Waals surface area contributed by atoms with E-state index < -0.39 is 12.0 Å². The van der Waals surface area contributed by atoms with Crippen LogP contribution in [0.25, 0.3) is 6.08 Å². The van der Waals surface area contributed by atoms with Crippen LogP contribution < -0.4 is 24.4 Å². The SMILES string of the molecule is CCOC(=O)C1=C(C)N=c2sc(=Cc3ccc(OC(C)C)c(OC)c3)c(=O)n2C1c1ccc(C(C)C)cc1. The fraction of sp³-hybridized carbons (Fsp3) is 0.367. The van der Waals surface area contributed by atoms with Crippen molar-refractivity contribution in [1.29, 1.82) is 0 Å². The van der Waals surface area contributed by atoms with Crippen LogP contribution in [-0.2, 0) is 9.53 Å². The number of esters is 1. The summed E-state index contributed by atoms with van der Waals surface area (Å²) in [6.07, 6.45) is 1.82. The van der Waals surface area contributed by atoms with Gasteiger partial charge in [0.1, 0.15) is 0 Å². The number of allylic oxidation sites excluding steroid dienone is 1. The van der Waals surface area contributed by atoms with Crippen molar-refractivity contribution in [3.05, 3.63) is 90.1 Å². The van der Waals surface area contributed by atoms with Gasteiger partial charge in [0.2, 0.25) is 0 Å². The first-order valence-electron chi connectivity index (χ1n) is 12.8. The predicted molar refractivity (Wildman–Crippen MR) is 150 cm³/mol. The molecule has 1 aromatic heterocycles. The molecule has 3 aromatic rings. The zero-order valence-electron chi connectivity index (χ0n) is 22.9. The number of fused-ring (bicyclic) bond motifs is 1. The molecule has 0 saturated carbocycles. The molecule has 0 spiro atoms. The molecule has 2 heterocycles. The second kappa shape index (κ2) is 11.4. The number of hydrogen-bond donors (Lipinski definition) is 0. The second-order valence-electron chi connectivity index (χ2n) is 9.70. The van der Waals surface area contributed by atoms with Crippen molar-refractivity contribution in [2.45, 2.75) is 59.6 Å². The van der Waals surface area contributed by atoms with Gasteiger partial charge in [0.15, 0.2) is 16.3 Å². The van der Waals surface area contributed by atoms with Gasteiger partial charge >= 0.3 is 5.97 Å². The molecule has 0 amide bonds. The highest BCUT2D eigenvalue weighted by molar-refractivity contribution is 7.07. The van der Waals surface area contributed by atoms with Crippen LogP contribution in [0.2, 0.25) is 0 Å². The van der Waals surface area contributed by atoms with Crippen molar-refractivity contribution in [1.82, 2.24) is 4.57 Å². The van der Waals surface area contributed by atoms with Crippen molar-refractivity contribution < 1.29 is 19.0 Å². The van der Waals surface area contributed by atoms with Gasteiger partial charge in [0.25, 0.3) is 5.56 Å². The van der Waals surface area contributed by atoms with E-state index in [-0.39, 0.29) is 18.3 Å². The number of methoxy groups -OCH3 is 1. The number of aromatic nitrogens is 1. The summed E-state index contributed by atoms with van der Waals surface area (Å²) in [5, 5.41) is 0. The van der Waals surface area contributed by atoms with Crippen molar-refractivity contribution >= 4 is 23.4 Å². The Morgan fingerprint density at radius 2 is 1.82 bits per heavy atom. The highest BCUT2D eigenvalue weighted by atomic mass is 32.1. The molecule has 0 bridgehead atoms. The molecule has 0 aliphatic carbocycles. The van der Waals surface area contributed by atoms with E-state index in [0.717, 1.165) is 11.1 Å². The topological polar surface area (TPSA) is 79.1 Å². The molecule has 38 heavy (non-hydrogen) atoms. The Hall–Kier alpha value is -3.65. The first kappa shape index (κ1) is 27.4. The molecule has 0 fully saturated rings. The molecule has 4 rings (SSSR count). The summed E-state index contributed by atoms with van der Waals surface area (Å²) in [6.45, 7) is 11.9. The summed E-state index contributed by atoms with van der Waals surface area (Å²) in [4.78, 5) is 32.1. The molecule has 0 radical (unpaired) electrons. The highest BCUT2D eigenvalue weighted by Crippen LogP contribution is 2.32. The van der Waals surface area contributed by atoms with E-state index in [1.807, 2.05) is 62.4 Å². The number of nitrogens with zero attached hydrogens (tertiary/aromatic N) is 2. The Morgan fingerprint density at radius 1 is 1.11 bits per heavy atom. The first-order chi connectivity index (χ1) is 18.1. The Morgan fingerprint density at radius 3 is 2.42 bits per heavy atom. The van der Waals surface area contributed by atoms with Crippen molar-refractivity contribution in [3.8, 4) is 11.5 Å². The standard InChI is InChI=1S/C30H34N2O5S/c1-8-36-29(34)26-19(6)31-30-32(27(26)22-12-10-21(11-13-22)17(2)3)28(33)25(38-30)16-20-9-14-23(37-18(4)5)24(15-20)35-7/h9-18,27H,8H2,1-7H3. The Kier molecular flexibility index (Phi) is 8.21. The van der Waals surface area contributed by atoms with E-state index in [1.165, 1.54) is 16.9 Å². The maximum absolute atomic E-state index is 13.8.